The number of carbonyl (C=O) groups excluding carboxylic acids is 4. The van der Waals surface area contributed by atoms with E-state index in [0.29, 0.717) is 22.3 Å². The summed E-state index contributed by atoms with van der Waals surface area (Å²) in [6.45, 7) is 14.8. The second-order valence-electron chi connectivity index (χ2n) is 13.5. The third kappa shape index (κ3) is 7.67. The van der Waals surface area contributed by atoms with Gasteiger partial charge < -0.3 is 0 Å². The normalized spacial score (nSPS) is 11.4. The average molecular weight is 673 g/mol. The van der Waals surface area contributed by atoms with Crippen molar-refractivity contribution < 1.29 is 19.2 Å². The smallest absolute Gasteiger partial charge is 0.182 e. The second-order valence-corrected chi connectivity index (χ2v) is 17.1. The van der Waals surface area contributed by atoms with E-state index in [1.54, 1.807) is 27.7 Å². The fourth-order valence-corrected chi connectivity index (χ4v) is 13.2. The van der Waals surface area contributed by atoms with Gasteiger partial charge in [0, 0.05) is 22.3 Å². The zero-order valence-electron chi connectivity index (χ0n) is 30.7. The lowest BCUT2D eigenvalue weighted by molar-refractivity contribution is 0.101. The van der Waals surface area contributed by atoms with Crippen LogP contribution in [0.5, 0.6) is 0 Å². The Kier molecular flexibility index (Phi) is 12.6. The molecule has 0 aliphatic heterocycles. The van der Waals surface area contributed by atoms with Crippen molar-refractivity contribution in [3.63, 3.8) is 0 Å². The third-order valence-electron chi connectivity index (χ3n) is 9.62. The van der Waals surface area contributed by atoms with Gasteiger partial charge in [-0.1, -0.05) is 102 Å². The fourth-order valence-electron chi connectivity index (χ4n) is 7.49. The Labute approximate surface area is 294 Å². The molecular weight excluding hydrogens is 621 g/mol. The summed E-state index contributed by atoms with van der Waals surface area (Å²) in [7, 11) is -3.80. The molecule has 0 aliphatic rings. The second kappa shape index (κ2) is 16.5. The summed E-state index contributed by atoms with van der Waals surface area (Å²) >= 11 is 0. The molecule has 0 saturated carbocycles. The van der Waals surface area contributed by atoms with Crippen molar-refractivity contribution in [1.82, 2.24) is 0 Å². The maximum absolute atomic E-state index is 13.9. The molecule has 0 N–H and O–H groups in total. The van der Waals surface area contributed by atoms with E-state index in [4.69, 9.17) is 0 Å². The van der Waals surface area contributed by atoms with E-state index in [-0.39, 0.29) is 23.1 Å². The number of carbonyl (C=O) groups is 4. The van der Waals surface area contributed by atoms with Crippen molar-refractivity contribution in [2.45, 2.75) is 107 Å². The van der Waals surface area contributed by atoms with Crippen LogP contribution in [-0.2, 0) is 25.7 Å². The lowest BCUT2D eigenvalue weighted by Crippen LogP contribution is -2.78. The minimum absolute atomic E-state index is 0.0873. The highest BCUT2D eigenvalue weighted by atomic mass is 28.3. The van der Waals surface area contributed by atoms with Crippen LogP contribution in [0, 0.1) is 0 Å². The van der Waals surface area contributed by atoms with Gasteiger partial charge in [-0.2, -0.15) is 0 Å². The van der Waals surface area contributed by atoms with E-state index in [2.05, 4.69) is 76.2 Å². The number of ketones is 4. The van der Waals surface area contributed by atoms with E-state index in [1.165, 1.54) is 0 Å². The van der Waals surface area contributed by atoms with Gasteiger partial charge in [-0.25, -0.2) is 0 Å². The number of aryl methyl sites for hydroxylation is 4. The van der Waals surface area contributed by atoms with Crippen LogP contribution in [-0.4, -0.2) is 31.2 Å². The summed E-state index contributed by atoms with van der Waals surface area (Å²) in [5, 5.41) is 3.17. The lowest BCUT2D eigenvalue weighted by Gasteiger charge is -2.39. The summed E-state index contributed by atoms with van der Waals surface area (Å²) in [5.41, 5.74) is 6.51. The van der Waals surface area contributed by atoms with Crippen molar-refractivity contribution in [3.05, 3.63) is 117 Å². The zero-order chi connectivity index (χ0) is 35.9. The monoisotopic (exact) mass is 672 g/mol. The summed E-state index contributed by atoms with van der Waals surface area (Å²) in [5.74, 6) is -0.349. The van der Waals surface area contributed by atoms with Crippen LogP contribution in [0.3, 0.4) is 0 Å². The number of hydrogen-bond acceptors (Lipinski definition) is 4. The van der Waals surface area contributed by atoms with E-state index >= 15 is 0 Å². The zero-order valence-corrected chi connectivity index (χ0v) is 31.7. The van der Waals surface area contributed by atoms with Gasteiger partial charge in [0.05, 0.1) is 0 Å². The molecule has 0 spiro atoms. The highest BCUT2D eigenvalue weighted by Crippen LogP contribution is 2.23. The Hall–Kier alpha value is -4.22. The average Bonchev–Trinajstić information content (AvgIpc) is 3.07. The Morgan fingerprint density at radius 1 is 0.388 bits per heavy atom. The maximum Gasteiger partial charge on any atom is 0.182 e. The van der Waals surface area contributed by atoms with Crippen LogP contribution in [0.1, 0.15) is 145 Å². The first-order chi connectivity index (χ1) is 23.4. The number of hydrogen-bond donors (Lipinski definition) is 0. The largest absolute Gasteiger partial charge is 0.295 e. The SMILES string of the molecule is CCCc1ccc([Si](c2ccc(CCC)cc2C(C)=O)(c2ccc(CCC)cc2C(C)=O)c2ccc(CCC)cc2C(C)=O)c(C(C)=O)c1. The van der Waals surface area contributed by atoms with Crippen LogP contribution >= 0.6 is 0 Å². The van der Waals surface area contributed by atoms with Gasteiger partial charge in [0.15, 0.2) is 31.2 Å². The summed E-state index contributed by atoms with van der Waals surface area (Å²) < 4.78 is 0. The molecule has 49 heavy (non-hydrogen) atoms. The van der Waals surface area contributed by atoms with Gasteiger partial charge in [-0.3, -0.25) is 19.2 Å². The predicted octanol–water partition coefficient (Wildman–Crippen LogP) is 7.68. The highest BCUT2D eigenvalue weighted by molar-refractivity contribution is 7.21. The standard InChI is InChI=1S/C44H52O4Si/c1-9-13-33-17-21-41(37(25-33)29(5)45)49(42-22-18-34(14-10-2)26-38(42)30(6)46,43-23-19-35(15-11-3)27-39(43)31(7)47)44-24-20-36(16-12-4)28-40(44)32(8)48/h17-28H,9-16H2,1-8H3. The first-order valence-corrected chi connectivity index (χ1v) is 20.0. The molecule has 0 aliphatic carbocycles. The van der Waals surface area contributed by atoms with Crippen molar-refractivity contribution in [2.24, 2.45) is 0 Å². The van der Waals surface area contributed by atoms with Gasteiger partial charge in [0.2, 0.25) is 0 Å². The molecule has 0 fully saturated rings. The topological polar surface area (TPSA) is 68.3 Å². The molecule has 4 aromatic rings. The molecule has 0 heterocycles. The number of Topliss-reactive ketones (excluding diaryl/α,β-unsaturated/α-hetero) is 4. The molecule has 0 amide bonds. The molecule has 4 aromatic carbocycles. The fraction of sp³-hybridized carbons (Fsp3) is 0.364. The molecule has 4 rings (SSSR count). The van der Waals surface area contributed by atoms with E-state index in [0.717, 1.165) is 94.4 Å². The van der Waals surface area contributed by atoms with Gasteiger partial charge in [-0.15, -0.1) is 0 Å². The highest BCUT2D eigenvalue weighted by Gasteiger charge is 2.48. The van der Waals surface area contributed by atoms with Gasteiger partial charge >= 0.3 is 0 Å². The van der Waals surface area contributed by atoms with Crippen LogP contribution in [0.15, 0.2) is 72.8 Å². The maximum atomic E-state index is 13.9. The molecule has 4 nitrogen and oxygen atoms in total. The minimum atomic E-state index is -3.80. The molecule has 0 unspecified atom stereocenters. The quantitative estimate of drug-likeness (QED) is 0.0696. The number of rotatable bonds is 16. The van der Waals surface area contributed by atoms with Crippen LogP contribution in [0.25, 0.3) is 0 Å². The predicted molar refractivity (Wildman–Crippen MR) is 206 cm³/mol. The minimum Gasteiger partial charge on any atom is -0.295 e. The van der Waals surface area contributed by atoms with Crippen LogP contribution in [0.2, 0.25) is 0 Å². The molecular formula is C44H52O4Si. The molecule has 5 heteroatoms. The van der Waals surface area contributed by atoms with Crippen LogP contribution in [0.4, 0.5) is 0 Å². The van der Waals surface area contributed by atoms with Crippen LogP contribution < -0.4 is 20.7 Å². The Bertz CT molecular complexity index is 1610. The lowest BCUT2D eigenvalue weighted by atomic mass is 10.0. The van der Waals surface area contributed by atoms with E-state index < -0.39 is 8.07 Å². The molecule has 0 radical (unpaired) electrons. The summed E-state index contributed by atoms with van der Waals surface area (Å²) in [6.07, 6.45) is 6.95. The third-order valence-corrected chi connectivity index (χ3v) is 14.6. The van der Waals surface area contributed by atoms with Crippen molar-refractivity contribution in [1.29, 1.82) is 0 Å². The summed E-state index contributed by atoms with van der Waals surface area (Å²) in [6, 6.07) is 24.6. The van der Waals surface area contributed by atoms with Gasteiger partial charge in [-0.05, 0) is 121 Å². The van der Waals surface area contributed by atoms with E-state index in [1.807, 2.05) is 24.3 Å². The molecule has 0 atom stereocenters. The van der Waals surface area contributed by atoms with Gasteiger partial charge in [0.25, 0.3) is 0 Å². The Morgan fingerprint density at radius 3 is 0.755 bits per heavy atom. The van der Waals surface area contributed by atoms with Gasteiger partial charge in [0.1, 0.15) is 0 Å². The van der Waals surface area contributed by atoms with Crippen molar-refractivity contribution in [3.8, 4) is 0 Å². The summed E-state index contributed by atoms with van der Waals surface area (Å²) in [4.78, 5) is 55.4. The van der Waals surface area contributed by atoms with Crippen molar-refractivity contribution in [2.75, 3.05) is 0 Å². The Morgan fingerprint density at radius 2 is 0.592 bits per heavy atom. The first-order valence-electron chi connectivity index (χ1n) is 18.0. The number of benzene rings is 4. The Balaban J connectivity index is 2.43. The molecule has 0 aromatic heterocycles. The van der Waals surface area contributed by atoms with E-state index in [9.17, 15) is 19.2 Å². The molecule has 256 valence electrons. The van der Waals surface area contributed by atoms with Crippen molar-refractivity contribution >= 4 is 52.0 Å². The molecule has 0 saturated heterocycles. The first kappa shape index (κ1) is 37.6. The molecule has 0 bridgehead atoms.